The number of carbonyl (C=O) groups excluding carboxylic acids is 2. The molecular weight excluding hydrogens is 404 g/mol. The SMILES string of the molecule is CC(C)(C)OC(=O)N1CC[C@@H](C2CCCCC2)[C@H]1C(=O)Cc1ccc(C2=NN=NC2)cc1. The number of ketones is 1. The van der Waals surface area contributed by atoms with Crippen LogP contribution >= 0.6 is 0 Å². The minimum atomic E-state index is -0.578. The first kappa shape index (κ1) is 22.6. The molecule has 2 fully saturated rings. The van der Waals surface area contributed by atoms with Crippen molar-refractivity contribution in [2.24, 2.45) is 27.3 Å². The third kappa shape index (κ3) is 5.25. The first-order valence-electron chi connectivity index (χ1n) is 11.9. The van der Waals surface area contributed by atoms with Crippen molar-refractivity contribution in [1.29, 1.82) is 0 Å². The molecule has 2 heterocycles. The van der Waals surface area contributed by atoms with Crippen LogP contribution in [0.5, 0.6) is 0 Å². The van der Waals surface area contributed by atoms with Crippen molar-refractivity contribution in [3.8, 4) is 0 Å². The number of benzene rings is 1. The summed E-state index contributed by atoms with van der Waals surface area (Å²) in [5.74, 6) is 0.853. The van der Waals surface area contributed by atoms with Crippen molar-refractivity contribution >= 4 is 17.6 Å². The number of hydrogen-bond acceptors (Lipinski definition) is 6. The number of likely N-dealkylation sites (tertiary alicyclic amines) is 1. The number of ether oxygens (including phenoxy) is 1. The van der Waals surface area contributed by atoms with Crippen LogP contribution in [0.3, 0.4) is 0 Å². The van der Waals surface area contributed by atoms with Crippen LogP contribution in [-0.4, -0.2) is 47.2 Å². The van der Waals surface area contributed by atoms with E-state index in [2.05, 4.69) is 15.4 Å². The van der Waals surface area contributed by atoms with E-state index in [4.69, 9.17) is 4.74 Å². The van der Waals surface area contributed by atoms with Gasteiger partial charge in [-0.05, 0) is 55.4 Å². The number of nitrogens with zero attached hydrogens (tertiary/aromatic N) is 4. The van der Waals surface area contributed by atoms with Gasteiger partial charge >= 0.3 is 6.09 Å². The molecule has 1 saturated heterocycles. The molecule has 0 bridgehead atoms. The van der Waals surface area contributed by atoms with Gasteiger partial charge in [-0.2, -0.15) is 5.11 Å². The third-order valence-corrected chi connectivity index (χ3v) is 6.77. The summed E-state index contributed by atoms with van der Waals surface area (Å²) in [6.07, 6.45) is 6.86. The van der Waals surface area contributed by atoms with Gasteiger partial charge in [-0.3, -0.25) is 9.69 Å². The Labute approximate surface area is 190 Å². The summed E-state index contributed by atoms with van der Waals surface area (Å²) < 4.78 is 5.66. The van der Waals surface area contributed by atoms with Crippen LogP contribution in [0.1, 0.15) is 70.4 Å². The molecule has 1 aromatic carbocycles. The van der Waals surface area contributed by atoms with Gasteiger partial charge in [0.2, 0.25) is 0 Å². The Morgan fingerprint density at radius 1 is 1.06 bits per heavy atom. The standard InChI is InChI=1S/C25H34N4O3/c1-25(2,3)32-24(31)29-14-13-20(18-7-5-4-6-8-18)23(29)22(30)15-17-9-11-19(12-10-17)21-16-26-28-27-21/h9-12,18,20,23H,4-8,13-16H2,1-3H3/t20-,23-/m0/s1. The van der Waals surface area contributed by atoms with E-state index >= 15 is 0 Å². The van der Waals surface area contributed by atoms with Crippen LogP contribution in [0.4, 0.5) is 4.79 Å². The van der Waals surface area contributed by atoms with Gasteiger partial charge in [0.1, 0.15) is 12.1 Å². The number of hydrogen-bond donors (Lipinski definition) is 0. The average molecular weight is 439 g/mol. The molecule has 7 nitrogen and oxygen atoms in total. The van der Waals surface area contributed by atoms with Crippen LogP contribution in [0, 0.1) is 11.8 Å². The van der Waals surface area contributed by atoms with Crippen molar-refractivity contribution in [3.63, 3.8) is 0 Å². The van der Waals surface area contributed by atoms with Gasteiger partial charge in [0.05, 0.1) is 11.8 Å². The molecule has 0 aromatic heterocycles. The molecule has 1 aromatic rings. The van der Waals surface area contributed by atoms with Crippen LogP contribution in [-0.2, 0) is 16.0 Å². The van der Waals surface area contributed by atoms with Crippen LogP contribution in [0.15, 0.2) is 39.7 Å². The molecule has 2 atom stereocenters. The second-order valence-corrected chi connectivity index (χ2v) is 10.2. The maximum absolute atomic E-state index is 13.6. The van der Waals surface area contributed by atoms with Gasteiger partial charge in [-0.25, -0.2) is 4.79 Å². The molecule has 0 spiro atoms. The number of carbonyl (C=O) groups is 2. The lowest BCUT2D eigenvalue weighted by molar-refractivity contribution is -0.124. The fraction of sp³-hybridized carbons (Fsp3) is 0.640. The van der Waals surface area contributed by atoms with Gasteiger partial charge in [0.25, 0.3) is 0 Å². The third-order valence-electron chi connectivity index (χ3n) is 6.77. The Kier molecular flexibility index (Phi) is 6.72. The minimum absolute atomic E-state index is 0.111. The zero-order valence-electron chi connectivity index (χ0n) is 19.4. The molecule has 172 valence electrons. The molecule has 1 saturated carbocycles. The van der Waals surface area contributed by atoms with E-state index in [9.17, 15) is 9.59 Å². The van der Waals surface area contributed by atoms with Crippen molar-refractivity contribution in [2.45, 2.75) is 77.4 Å². The molecule has 0 unspecified atom stereocenters. The maximum Gasteiger partial charge on any atom is 0.410 e. The highest BCUT2D eigenvalue weighted by Crippen LogP contribution is 2.40. The van der Waals surface area contributed by atoms with E-state index in [0.717, 1.165) is 36.1 Å². The summed E-state index contributed by atoms with van der Waals surface area (Å²) >= 11 is 0. The van der Waals surface area contributed by atoms with Crippen molar-refractivity contribution in [3.05, 3.63) is 35.4 Å². The fourth-order valence-corrected chi connectivity index (χ4v) is 5.30. The summed E-state index contributed by atoms with van der Waals surface area (Å²) in [5.41, 5.74) is 2.18. The zero-order chi connectivity index (χ0) is 22.7. The zero-order valence-corrected chi connectivity index (χ0v) is 19.4. The van der Waals surface area contributed by atoms with E-state index in [1.165, 1.54) is 19.3 Å². The van der Waals surface area contributed by atoms with Crippen LogP contribution in [0.2, 0.25) is 0 Å². The Balaban J connectivity index is 1.50. The summed E-state index contributed by atoms with van der Waals surface area (Å²) in [7, 11) is 0. The van der Waals surface area contributed by atoms with Gasteiger partial charge in [0.15, 0.2) is 5.78 Å². The highest BCUT2D eigenvalue weighted by molar-refractivity contribution is 6.02. The predicted molar refractivity (Wildman–Crippen MR) is 123 cm³/mol. The topological polar surface area (TPSA) is 83.7 Å². The smallest absolute Gasteiger partial charge is 0.410 e. The minimum Gasteiger partial charge on any atom is -0.444 e. The summed E-state index contributed by atoms with van der Waals surface area (Å²) in [4.78, 5) is 28.3. The van der Waals surface area contributed by atoms with Gasteiger partial charge in [0, 0.05) is 13.0 Å². The Morgan fingerprint density at radius 2 is 1.78 bits per heavy atom. The van der Waals surface area contributed by atoms with Crippen LogP contribution < -0.4 is 0 Å². The lowest BCUT2D eigenvalue weighted by atomic mass is 9.75. The Bertz CT molecular complexity index is 895. The highest BCUT2D eigenvalue weighted by atomic mass is 16.6. The van der Waals surface area contributed by atoms with Gasteiger partial charge in [-0.1, -0.05) is 56.4 Å². The van der Waals surface area contributed by atoms with Gasteiger partial charge < -0.3 is 4.74 Å². The molecule has 2 aliphatic heterocycles. The van der Waals surface area contributed by atoms with Gasteiger partial charge in [-0.15, -0.1) is 5.10 Å². The van der Waals surface area contributed by atoms with Crippen molar-refractivity contribution in [2.75, 3.05) is 13.1 Å². The molecule has 0 radical (unpaired) electrons. The quantitative estimate of drug-likeness (QED) is 0.635. The largest absolute Gasteiger partial charge is 0.444 e. The summed E-state index contributed by atoms with van der Waals surface area (Å²) in [6, 6.07) is 7.48. The lowest BCUT2D eigenvalue weighted by Crippen LogP contribution is -2.47. The van der Waals surface area contributed by atoms with Crippen molar-refractivity contribution in [1.82, 2.24) is 4.90 Å². The van der Waals surface area contributed by atoms with E-state index in [1.54, 1.807) is 4.90 Å². The summed E-state index contributed by atoms with van der Waals surface area (Å²) in [5, 5.41) is 11.6. The monoisotopic (exact) mass is 438 g/mol. The molecule has 0 N–H and O–H groups in total. The second-order valence-electron chi connectivity index (χ2n) is 10.2. The molecule has 4 rings (SSSR count). The van der Waals surface area contributed by atoms with E-state index < -0.39 is 11.6 Å². The van der Waals surface area contributed by atoms with Crippen molar-refractivity contribution < 1.29 is 14.3 Å². The second kappa shape index (κ2) is 9.51. The lowest BCUT2D eigenvalue weighted by Gasteiger charge is -2.34. The van der Waals surface area contributed by atoms with E-state index in [1.807, 2.05) is 45.0 Å². The molecule has 3 aliphatic rings. The number of Topliss-reactive ketones (excluding diaryl/α,β-unsaturated/α-hetero) is 1. The maximum atomic E-state index is 13.6. The normalized spacial score (nSPS) is 24.0. The first-order chi connectivity index (χ1) is 15.3. The molecule has 32 heavy (non-hydrogen) atoms. The average Bonchev–Trinajstić information content (AvgIpc) is 3.44. The van der Waals surface area contributed by atoms with E-state index in [0.29, 0.717) is 25.4 Å². The molecule has 1 amide bonds. The summed E-state index contributed by atoms with van der Waals surface area (Å²) in [6.45, 7) is 6.69. The van der Waals surface area contributed by atoms with Crippen LogP contribution in [0.25, 0.3) is 0 Å². The highest BCUT2D eigenvalue weighted by Gasteiger charge is 2.46. The van der Waals surface area contributed by atoms with E-state index in [-0.39, 0.29) is 17.8 Å². The molecule has 7 heteroatoms. The Morgan fingerprint density at radius 3 is 2.41 bits per heavy atom. The Hall–Kier alpha value is -2.57. The number of rotatable bonds is 5. The first-order valence-corrected chi connectivity index (χ1v) is 11.9. The molecule has 1 aliphatic carbocycles. The fourth-order valence-electron chi connectivity index (χ4n) is 5.30. The number of amides is 1. The predicted octanol–water partition coefficient (Wildman–Crippen LogP) is 5.17. The molecular formula is C25H34N4O3.